The molecule has 37 heavy (non-hydrogen) atoms. The van der Waals surface area contributed by atoms with E-state index in [1.54, 1.807) is 0 Å². The Hall–Kier alpha value is -4.96. The van der Waals surface area contributed by atoms with Crippen molar-refractivity contribution in [2.45, 2.75) is 0 Å². The van der Waals surface area contributed by atoms with E-state index in [-0.39, 0.29) is 10.9 Å². The number of rotatable bonds is 2. The molecule has 2 heterocycles. The van der Waals surface area contributed by atoms with E-state index in [9.17, 15) is 9.59 Å². The van der Waals surface area contributed by atoms with E-state index < -0.39 is 0 Å². The highest BCUT2D eigenvalue weighted by Gasteiger charge is 2.14. The van der Waals surface area contributed by atoms with Crippen molar-refractivity contribution >= 4 is 43.6 Å². The third-order valence-electron chi connectivity index (χ3n) is 7.34. The molecule has 7 aromatic rings. The Morgan fingerprint density at radius 3 is 1.70 bits per heavy atom. The average molecular weight is 479 g/mol. The number of fused-ring (bicyclic) bond motifs is 4. The fourth-order valence-electron chi connectivity index (χ4n) is 5.38. The molecule has 0 saturated heterocycles. The van der Waals surface area contributed by atoms with E-state index in [0.717, 1.165) is 38.8 Å². The van der Waals surface area contributed by atoms with Crippen LogP contribution in [0.3, 0.4) is 0 Å². The van der Waals surface area contributed by atoms with Gasteiger partial charge in [0.15, 0.2) is 10.9 Å². The van der Waals surface area contributed by atoms with Gasteiger partial charge >= 0.3 is 0 Å². The Balaban J connectivity index is 1.50. The molecule has 0 fully saturated rings. The first kappa shape index (κ1) is 21.3. The molecule has 0 bridgehead atoms. The first-order valence-corrected chi connectivity index (χ1v) is 12.3. The maximum atomic E-state index is 13.7. The van der Waals surface area contributed by atoms with Crippen molar-refractivity contribution in [3.63, 3.8) is 0 Å². The minimum absolute atomic E-state index is 0.0387. The van der Waals surface area contributed by atoms with Crippen LogP contribution in [0.25, 0.3) is 65.9 Å². The summed E-state index contributed by atoms with van der Waals surface area (Å²) in [5, 5.41) is 2.45. The molecule has 0 aliphatic heterocycles. The summed E-state index contributed by atoms with van der Waals surface area (Å²) >= 11 is 0. The van der Waals surface area contributed by atoms with Gasteiger partial charge in [-0.05, 0) is 58.7 Å². The lowest BCUT2D eigenvalue weighted by molar-refractivity contribution is 1.00. The molecule has 4 nitrogen and oxygen atoms in total. The third-order valence-corrected chi connectivity index (χ3v) is 7.34. The van der Waals surface area contributed by atoms with Gasteiger partial charge in [0.1, 0.15) is 0 Å². The van der Waals surface area contributed by atoms with Crippen molar-refractivity contribution in [3.8, 4) is 22.3 Å². The SMILES string of the molecule is Cn1c2ccc(-c3ccccc3)cc2c(=O)c2cc3[nH]c4ccc(-c5ccccc5)cc4c(=O)c3cc21. The van der Waals surface area contributed by atoms with Gasteiger partial charge in [-0.15, -0.1) is 0 Å². The number of aromatic amines is 1. The number of aromatic nitrogens is 2. The predicted octanol–water partition coefficient (Wildman–Crippen LogP) is 7.02. The zero-order valence-electron chi connectivity index (χ0n) is 20.2. The number of hydrogen-bond acceptors (Lipinski definition) is 2. The summed E-state index contributed by atoms with van der Waals surface area (Å²) in [6, 6.07) is 35.6. The summed E-state index contributed by atoms with van der Waals surface area (Å²) in [6.07, 6.45) is 0. The van der Waals surface area contributed by atoms with E-state index in [1.807, 2.05) is 121 Å². The van der Waals surface area contributed by atoms with E-state index in [0.29, 0.717) is 27.1 Å². The van der Waals surface area contributed by atoms with Gasteiger partial charge in [0.2, 0.25) is 0 Å². The fourth-order valence-corrected chi connectivity index (χ4v) is 5.38. The molecule has 4 heteroatoms. The highest BCUT2D eigenvalue weighted by atomic mass is 16.1. The lowest BCUT2D eigenvalue weighted by atomic mass is 10.00. The van der Waals surface area contributed by atoms with Crippen LogP contribution in [0.5, 0.6) is 0 Å². The highest BCUT2D eigenvalue weighted by Crippen LogP contribution is 2.28. The molecule has 0 atom stereocenters. The molecule has 0 aliphatic rings. The summed E-state index contributed by atoms with van der Waals surface area (Å²) < 4.78 is 2.00. The molecule has 0 saturated carbocycles. The van der Waals surface area contributed by atoms with Crippen LogP contribution in [-0.4, -0.2) is 9.55 Å². The summed E-state index contributed by atoms with van der Waals surface area (Å²) in [6.45, 7) is 0. The van der Waals surface area contributed by atoms with Crippen LogP contribution in [0, 0.1) is 0 Å². The van der Waals surface area contributed by atoms with E-state index in [4.69, 9.17) is 0 Å². The van der Waals surface area contributed by atoms with Gasteiger partial charge in [-0.25, -0.2) is 0 Å². The first-order chi connectivity index (χ1) is 18.1. The van der Waals surface area contributed by atoms with Gasteiger partial charge in [-0.3, -0.25) is 9.59 Å². The average Bonchev–Trinajstić information content (AvgIpc) is 2.96. The summed E-state index contributed by atoms with van der Waals surface area (Å²) in [4.78, 5) is 30.8. The highest BCUT2D eigenvalue weighted by molar-refractivity contribution is 6.04. The second kappa shape index (κ2) is 8.04. The molecule has 0 unspecified atom stereocenters. The minimum atomic E-state index is -0.0459. The summed E-state index contributed by atoms with van der Waals surface area (Å²) in [7, 11) is 1.95. The predicted molar refractivity (Wildman–Crippen MR) is 153 cm³/mol. The molecular weight excluding hydrogens is 456 g/mol. The van der Waals surface area contributed by atoms with E-state index in [2.05, 4.69) is 4.98 Å². The molecule has 0 amide bonds. The van der Waals surface area contributed by atoms with Crippen LogP contribution in [0.1, 0.15) is 0 Å². The number of H-pyrrole nitrogens is 1. The van der Waals surface area contributed by atoms with E-state index in [1.165, 1.54) is 0 Å². The minimum Gasteiger partial charge on any atom is -0.354 e. The monoisotopic (exact) mass is 478 g/mol. The lowest BCUT2D eigenvalue weighted by Crippen LogP contribution is -2.11. The molecular formula is C33H22N2O2. The Labute approximate surface area is 212 Å². The van der Waals surface area contributed by atoms with Crippen molar-refractivity contribution < 1.29 is 0 Å². The fraction of sp³-hybridized carbons (Fsp3) is 0.0303. The van der Waals surface area contributed by atoms with Crippen LogP contribution in [0.2, 0.25) is 0 Å². The van der Waals surface area contributed by atoms with E-state index >= 15 is 0 Å². The Morgan fingerprint density at radius 1 is 0.486 bits per heavy atom. The molecule has 5 aromatic carbocycles. The normalized spacial score (nSPS) is 11.6. The molecule has 2 aromatic heterocycles. The number of pyridine rings is 2. The molecule has 0 spiro atoms. The van der Waals surface area contributed by atoms with Crippen molar-refractivity contribution in [1.29, 1.82) is 0 Å². The van der Waals surface area contributed by atoms with Crippen LogP contribution < -0.4 is 10.9 Å². The van der Waals surface area contributed by atoms with Gasteiger partial charge in [0.05, 0.1) is 16.6 Å². The standard InChI is InChI=1S/C33H22N2O2/c1-35-30-15-13-23(21-10-6-3-7-11-21)17-26(30)33(37)27-18-29-25(19-31(27)35)32(36)24-16-22(12-14-28(24)34-29)20-8-4-2-5-9-20/h2-19H,1H3,(H,34,36). The zero-order chi connectivity index (χ0) is 25.1. The third kappa shape index (κ3) is 3.30. The van der Waals surface area contributed by atoms with Crippen molar-refractivity contribution in [2.75, 3.05) is 0 Å². The molecule has 0 radical (unpaired) electrons. The maximum absolute atomic E-state index is 13.7. The maximum Gasteiger partial charge on any atom is 0.197 e. The number of hydrogen-bond donors (Lipinski definition) is 1. The van der Waals surface area contributed by atoms with Crippen LogP contribution >= 0.6 is 0 Å². The smallest absolute Gasteiger partial charge is 0.197 e. The number of aryl methyl sites for hydroxylation is 1. The summed E-state index contributed by atoms with van der Waals surface area (Å²) in [5.74, 6) is 0. The molecule has 1 N–H and O–H groups in total. The Kier molecular flexibility index (Phi) is 4.63. The van der Waals surface area contributed by atoms with Crippen molar-refractivity contribution in [3.05, 3.63) is 130 Å². The van der Waals surface area contributed by atoms with Crippen LogP contribution in [0.4, 0.5) is 0 Å². The quantitative estimate of drug-likeness (QED) is 0.272. The molecule has 7 rings (SSSR count). The Bertz CT molecular complexity index is 2120. The summed E-state index contributed by atoms with van der Waals surface area (Å²) in [5.41, 5.74) is 7.01. The first-order valence-electron chi connectivity index (χ1n) is 12.3. The van der Waals surface area contributed by atoms with Gasteiger partial charge < -0.3 is 9.55 Å². The van der Waals surface area contributed by atoms with Gasteiger partial charge in [-0.2, -0.15) is 0 Å². The number of nitrogens with zero attached hydrogens (tertiary/aromatic N) is 1. The number of nitrogens with one attached hydrogen (secondary N) is 1. The van der Waals surface area contributed by atoms with Gasteiger partial charge in [0.25, 0.3) is 0 Å². The molecule has 0 aliphatic carbocycles. The zero-order valence-corrected chi connectivity index (χ0v) is 20.2. The van der Waals surface area contributed by atoms with Crippen LogP contribution in [-0.2, 0) is 7.05 Å². The van der Waals surface area contributed by atoms with Gasteiger partial charge in [0, 0.05) is 34.1 Å². The van der Waals surface area contributed by atoms with Crippen molar-refractivity contribution in [1.82, 2.24) is 9.55 Å². The van der Waals surface area contributed by atoms with Gasteiger partial charge in [-0.1, -0.05) is 72.8 Å². The topological polar surface area (TPSA) is 54.9 Å². The second-order valence-corrected chi connectivity index (χ2v) is 9.48. The van der Waals surface area contributed by atoms with Crippen molar-refractivity contribution in [2.24, 2.45) is 7.05 Å². The lowest BCUT2D eigenvalue weighted by Gasteiger charge is -2.13. The number of benzene rings is 5. The second-order valence-electron chi connectivity index (χ2n) is 9.48. The largest absolute Gasteiger partial charge is 0.354 e. The molecule has 176 valence electrons. The van der Waals surface area contributed by atoms with Crippen LogP contribution in [0.15, 0.2) is 119 Å². The Morgan fingerprint density at radius 2 is 1.03 bits per heavy atom.